The maximum Gasteiger partial charge on any atom is 0.303 e. The topological polar surface area (TPSA) is 149 Å². The number of carboxylic acids is 1. The molecule has 0 spiro atoms. The minimum absolute atomic E-state index is 0.0285. The summed E-state index contributed by atoms with van der Waals surface area (Å²) in [5.41, 5.74) is 4.39. The zero-order valence-electron chi connectivity index (χ0n) is 22.7. The third kappa shape index (κ3) is 7.79. The van der Waals surface area contributed by atoms with Gasteiger partial charge in [-0.2, -0.15) is 4.68 Å². The molecule has 1 saturated heterocycles. The van der Waals surface area contributed by atoms with Crippen LogP contribution in [0.1, 0.15) is 53.9 Å². The Bertz CT molecular complexity index is 1470. The number of benzene rings is 3. The number of aromatic nitrogens is 4. The summed E-state index contributed by atoms with van der Waals surface area (Å²) in [5.74, 6) is -0.719. The predicted molar refractivity (Wildman–Crippen MR) is 153 cm³/mol. The first-order valence-corrected chi connectivity index (χ1v) is 14.5. The summed E-state index contributed by atoms with van der Waals surface area (Å²) in [5, 5.41) is 33.8. The minimum atomic E-state index is -1.00. The fourth-order valence-corrected chi connectivity index (χ4v) is 5.40. The molecule has 0 radical (unpaired) electrons. The second-order valence-electron chi connectivity index (χ2n) is 9.78. The molecule has 2 heterocycles. The van der Waals surface area contributed by atoms with Gasteiger partial charge in [0.15, 0.2) is 6.29 Å². The molecule has 1 fully saturated rings. The van der Waals surface area contributed by atoms with E-state index in [0.717, 1.165) is 27.9 Å². The number of amides is 1. The van der Waals surface area contributed by atoms with Crippen molar-refractivity contribution in [1.82, 2.24) is 25.5 Å². The van der Waals surface area contributed by atoms with Crippen LogP contribution in [-0.2, 0) is 32.2 Å². The van der Waals surface area contributed by atoms with Gasteiger partial charge in [0.25, 0.3) is 0 Å². The van der Waals surface area contributed by atoms with Gasteiger partial charge < -0.3 is 25.0 Å². The minimum Gasteiger partial charge on any atom is -0.481 e. The van der Waals surface area contributed by atoms with E-state index in [1.807, 2.05) is 78.9 Å². The van der Waals surface area contributed by atoms with Gasteiger partial charge in [0.05, 0.1) is 30.9 Å². The zero-order valence-corrected chi connectivity index (χ0v) is 23.5. The van der Waals surface area contributed by atoms with Gasteiger partial charge in [-0.1, -0.05) is 78.5 Å². The SMILES string of the molecule is O=C(O)CCC(=O)NCc1ccc(C2OC(CSc3nnnn3-c3ccccc3)CC(c3ccc(CO)cc3)O2)cc1. The highest BCUT2D eigenvalue weighted by molar-refractivity contribution is 7.99. The van der Waals surface area contributed by atoms with E-state index in [1.54, 1.807) is 4.68 Å². The second-order valence-corrected chi connectivity index (χ2v) is 10.8. The number of thioether (sulfide) groups is 1. The first-order valence-electron chi connectivity index (χ1n) is 13.5. The van der Waals surface area contributed by atoms with E-state index in [-0.39, 0.29) is 37.6 Å². The van der Waals surface area contributed by atoms with Crippen molar-refractivity contribution in [2.45, 2.75) is 56.1 Å². The zero-order chi connectivity index (χ0) is 29.3. The lowest BCUT2D eigenvalue weighted by Crippen LogP contribution is -2.31. The van der Waals surface area contributed by atoms with Gasteiger partial charge in [-0.25, -0.2) is 0 Å². The number of tetrazole rings is 1. The van der Waals surface area contributed by atoms with Crippen molar-refractivity contribution in [3.8, 4) is 5.69 Å². The second kappa shape index (κ2) is 14.2. The van der Waals surface area contributed by atoms with Crippen LogP contribution < -0.4 is 5.32 Å². The molecule has 12 heteroatoms. The summed E-state index contributed by atoms with van der Waals surface area (Å²) in [6, 6.07) is 25.0. The normalized spacial score (nSPS) is 18.5. The van der Waals surface area contributed by atoms with Crippen LogP contribution >= 0.6 is 11.8 Å². The summed E-state index contributed by atoms with van der Waals surface area (Å²) in [7, 11) is 0. The lowest BCUT2D eigenvalue weighted by molar-refractivity contribution is -0.245. The first-order chi connectivity index (χ1) is 20.5. The monoisotopic (exact) mass is 589 g/mol. The van der Waals surface area contributed by atoms with Crippen LogP contribution in [0.3, 0.4) is 0 Å². The molecule has 11 nitrogen and oxygen atoms in total. The van der Waals surface area contributed by atoms with Gasteiger partial charge in [0.2, 0.25) is 11.1 Å². The molecule has 1 amide bonds. The number of hydrogen-bond donors (Lipinski definition) is 3. The van der Waals surface area contributed by atoms with E-state index in [2.05, 4.69) is 20.8 Å². The third-order valence-corrected chi connectivity index (χ3v) is 7.81. The van der Waals surface area contributed by atoms with Crippen LogP contribution in [-0.4, -0.2) is 54.2 Å². The Morgan fingerprint density at radius 1 is 0.929 bits per heavy atom. The van der Waals surface area contributed by atoms with E-state index in [9.17, 15) is 14.7 Å². The van der Waals surface area contributed by atoms with Crippen LogP contribution in [0.4, 0.5) is 0 Å². The maximum absolute atomic E-state index is 11.9. The van der Waals surface area contributed by atoms with Crippen LogP contribution in [0, 0.1) is 0 Å². The molecular weight excluding hydrogens is 558 g/mol. The number of rotatable bonds is 12. The van der Waals surface area contributed by atoms with Gasteiger partial charge in [-0.15, -0.1) is 5.10 Å². The lowest BCUT2D eigenvalue weighted by Gasteiger charge is -2.36. The lowest BCUT2D eigenvalue weighted by atomic mass is 10.0. The molecule has 4 aromatic rings. The molecule has 42 heavy (non-hydrogen) atoms. The van der Waals surface area contributed by atoms with Crippen LogP contribution in [0.2, 0.25) is 0 Å². The molecule has 1 aliphatic rings. The number of nitrogens with zero attached hydrogens (tertiary/aromatic N) is 4. The summed E-state index contributed by atoms with van der Waals surface area (Å²) >= 11 is 1.51. The average molecular weight is 590 g/mol. The summed E-state index contributed by atoms with van der Waals surface area (Å²) in [6.45, 7) is 0.264. The van der Waals surface area contributed by atoms with Crippen molar-refractivity contribution in [2.24, 2.45) is 0 Å². The van der Waals surface area contributed by atoms with Crippen molar-refractivity contribution in [3.05, 3.63) is 101 Å². The number of carbonyl (C=O) groups is 2. The molecule has 3 atom stereocenters. The smallest absolute Gasteiger partial charge is 0.303 e. The largest absolute Gasteiger partial charge is 0.481 e. The Morgan fingerprint density at radius 3 is 2.36 bits per heavy atom. The number of para-hydroxylation sites is 1. The number of carboxylic acid groups (broad SMARTS) is 1. The quantitative estimate of drug-likeness (QED) is 0.207. The Hall–Kier alpha value is -4.10. The molecule has 1 aliphatic heterocycles. The Balaban J connectivity index is 1.28. The van der Waals surface area contributed by atoms with Crippen LogP contribution in [0.15, 0.2) is 84.0 Å². The predicted octanol–water partition coefficient (Wildman–Crippen LogP) is 3.97. The fourth-order valence-electron chi connectivity index (χ4n) is 4.49. The van der Waals surface area contributed by atoms with Crippen molar-refractivity contribution in [2.75, 3.05) is 5.75 Å². The molecule has 5 rings (SSSR count). The number of aliphatic carboxylic acids is 1. The number of aliphatic hydroxyl groups is 1. The number of hydrogen-bond acceptors (Lipinski definition) is 9. The molecule has 1 aromatic heterocycles. The molecule has 3 unspecified atom stereocenters. The van der Waals surface area contributed by atoms with Gasteiger partial charge in [0.1, 0.15) is 0 Å². The van der Waals surface area contributed by atoms with E-state index in [1.165, 1.54) is 11.8 Å². The number of nitrogens with one attached hydrogen (secondary N) is 1. The van der Waals surface area contributed by atoms with Gasteiger partial charge in [-0.3, -0.25) is 9.59 Å². The van der Waals surface area contributed by atoms with Gasteiger partial charge in [0, 0.05) is 30.7 Å². The highest BCUT2D eigenvalue weighted by atomic mass is 32.2. The molecule has 218 valence electrons. The van der Waals surface area contributed by atoms with E-state index < -0.39 is 12.3 Å². The summed E-state index contributed by atoms with van der Waals surface area (Å²) in [6.07, 6.45) is -0.683. The average Bonchev–Trinajstić information content (AvgIpc) is 3.51. The summed E-state index contributed by atoms with van der Waals surface area (Å²) < 4.78 is 14.5. The Morgan fingerprint density at radius 2 is 1.64 bits per heavy atom. The molecule has 0 aliphatic carbocycles. The Labute approximate surface area is 246 Å². The van der Waals surface area contributed by atoms with E-state index in [4.69, 9.17) is 14.6 Å². The highest BCUT2D eigenvalue weighted by Gasteiger charge is 2.32. The number of aliphatic hydroxyl groups excluding tert-OH is 1. The number of ether oxygens (including phenoxy) is 2. The van der Waals surface area contributed by atoms with Gasteiger partial charge >= 0.3 is 5.97 Å². The molecule has 0 saturated carbocycles. The van der Waals surface area contributed by atoms with Crippen molar-refractivity contribution < 1.29 is 29.3 Å². The van der Waals surface area contributed by atoms with Crippen LogP contribution in [0.25, 0.3) is 5.69 Å². The van der Waals surface area contributed by atoms with E-state index in [0.29, 0.717) is 23.9 Å². The third-order valence-electron chi connectivity index (χ3n) is 6.76. The first kappa shape index (κ1) is 29.4. The number of carbonyl (C=O) groups excluding carboxylic acids is 1. The molecular formula is C30H31N5O6S. The summed E-state index contributed by atoms with van der Waals surface area (Å²) in [4.78, 5) is 22.6. The maximum atomic E-state index is 11.9. The van der Waals surface area contributed by atoms with Crippen molar-refractivity contribution >= 4 is 23.6 Å². The molecule has 3 N–H and O–H groups in total. The highest BCUT2D eigenvalue weighted by Crippen LogP contribution is 2.39. The molecule has 3 aromatic carbocycles. The standard InChI is InChI=1S/C30H31N5O6S/c36-18-21-8-10-22(11-9-21)26-16-25(19-42-30-32-33-34-35(30)24-4-2-1-3-5-24)40-29(41-26)23-12-6-20(7-13-23)17-31-27(37)14-15-28(38)39/h1-13,25-26,29,36H,14-19H2,(H,31,37)(H,38,39). The Kier molecular flexibility index (Phi) is 9.93. The van der Waals surface area contributed by atoms with Crippen LogP contribution in [0.5, 0.6) is 0 Å². The fraction of sp³-hybridized carbons (Fsp3) is 0.300. The van der Waals surface area contributed by atoms with Crippen molar-refractivity contribution in [3.63, 3.8) is 0 Å². The van der Waals surface area contributed by atoms with E-state index >= 15 is 0 Å². The molecule has 0 bridgehead atoms. The van der Waals surface area contributed by atoms with Gasteiger partial charge in [-0.05, 0) is 39.2 Å². The van der Waals surface area contributed by atoms with Crippen molar-refractivity contribution in [1.29, 1.82) is 0 Å².